The summed E-state index contributed by atoms with van der Waals surface area (Å²) in [5, 5.41) is 5.87. The number of likely N-dealkylation sites (N-methyl/N-ethyl adjacent to an activating group) is 1. The average Bonchev–Trinajstić information content (AvgIpc) is 2.26. The number of rotatable bonds is 5. The zero-order chi connectivity index (χ0) is 12.9. The lowest BCUT2D eigenvalue weighted by atomic mass is 10.0. The van der Waals surface area contributed by atoms with Crippen molar-refractivity contribution in [2.24, 2.45) is 0 Å². The van der Waals surface area contributed by atoms with Crippen LogP contribution in [0.4, 0.5) is 4.39 Å². The highest BCUT2D eigenvalue weighted by molar-refractivity contribution is 5.85. The molecule has 0 fully saturated rings. The quantitative estimate of drug-likeness (QED) is 0.821. The Kier molecular flexibility index (Phi) is 4.63. The largest absolute Gasteiger partial charge is 0.350 e. The smallest absolute Gasteiger partial charge is 0.239 e. The molecule has 3 nitrogen and oxygen atoms in total. The van der Waals surface area contributed by atoms with Crippen LogP contribution in [0.15, 0.2) is 24.3 Å². The van der Waals surface area contributed by atoms with Crippen molar-refractivity contribution >= 4 is 5.91 Å². The molecule has 2 N–H and O–H groups in total. The maximum Gasteiger partial charge on any atom is 0.239 e. The van der Waals surface area contributed by atoms with Gasteiger partial charge in [0, 0.05) is 6.54 Å². The van der Waals surface area contributed by atoms with Crippen LogP contribution in [0.3, 0.4) is 0 Å². The fourth-order valence-corrected chi connectivity index (χ4v) is 1.57. The van der Waals surface area contributed by atoms with Crippen molar-refractivity contribution < 1.29 is 9.18 Å². The molecule has 0 saturated carbocycles. The van der Waals surface area contributed by atoms with Gasteiger partial charge < -0.3 is 10.6 Å². The molecule has 0 unspecified atom stereocenters. The Morgan fingerprint density at radius 1 is 1.41 bits per heavy atom. The molecule has 0 aliphatic rings. The maximum absolute atomic E-state index is 12.9. The Labute approximate surface area is 101 Å². The summed E-state index contributed by atoms with van der Waals surface area (Å²) in [6.07, 6.45) is 0. The second-order valence-electron chi connectivity index (χ2n) is 4.47. The zero-order valence-electron chi connectivity index (χ0n) is 10.5. The molecule has 94 valence electrons. The van der Waals surface area contributed by atoms with Crippen LogP contribution in [0.25, 0.3) is 0 Å². The SMILES string of the molecule is CCNC(C)(C)C(=O)NCc1cccc(F)c1. The van der Waals surface area contributed by atoms with Gasteiger partial charge in [-0.25, -0.2) is 4.39 Å². The molecule has 0 saturated heterocycles. The van der Waals surface area contributed by atoms with Crippen LogP contribution >= 0.6 is 0 Å². The first-order valence-electron chi connectivity index (χ1n) is 5.73. The molecule has 0 aliphatic heterocycles. The molecule has 17 heavy (non-hydrogen) atoms. The predicted molar refractivity (Wildman–Crippen MR) is 66.0 cm³/mol. The average molecular weight is 238 g/mol. The van der Waals surface area contributed by atoms with Crippen molar-refractivity contribution in [2.45, 2.75) is 32.9 Å². The summed E-state index contributed by atoms with van der Waals surface area (Å²) in [5.74, 6) is -0.383. The molecule has 0 bridgehead atoms. The van der Waals surface area contributed by atoms with Gasteiger partial charge in [-0.05, 0) is 38.1 Å². The van der Waals surface area contributed by atoms with Gasteiger partial charge >= 0.3 is 0 Å². The molecule has 0 spiro atoms. The highest BCUT2D eigenvalue weighted by Gasteiger charge is 2.25. The van der Waals surface area contributed by atoms with Crippen molar-refractivity contribution in [1.29, 1.82) is 0 Å². The molecule has 0 atom stereocenters. The molecule has 4 heteroatoms. The van der Waals surface area contributed by atoms with Crippen molar-refractivity contribution in [2.75, 3.05) is 6.54 Å². The standard InChI is InChI=1S/C13H19FN2O/c1-4-16-13(2,3)12(17)15-9-10-6-5-7-11(14)8-10/h5-8,16H,4,9H2,1-3H3,(H,15,17). The van der Waals surface area contributed by atoms with E-state index in [9.17, 15) is 9.18 Å². The van der Waals surface area contributed by atoms with E-state index in [4.69, 9.17) is 0 Å². The lowest BCUT2D eigenvalue weighted by Gasteiger charge is -2.24. The lowest BCUT2D eigenvalue weighted by Crippen LogP contribution is -2.52. The number of carbonyl (C=O) groups is 1. The lowest BCUT2D eigenvalue weighted by molar-refractivity contribution is -0.126. The normalized spacial score (nSPS) is 11.3. The highest BCUT2D eigenvalue weighted by atomic mass is 19.1. The van der Waals surface area contributed by atoms with Gasteiger partial charge in [-0.3, -0.25) is 4.79 Å². The molecule has 1 amide bonds. The number of benzene rings is 1. The summed E-state index contributed by atoms with van der Waals surface area (Å²) < 4.78 is 12.9. The number of hydrogen-bond acceptors (Lipinski definition) is 2. The van der Waals surface area contributed by atoms with Gasteiger partial charge in [0.05, 0.1) is 5.54 Å². The van der Waals surface area contributed by atoms with E-state index in [1.54, 1.807) is 12.1 Å². The van der Waals surface area contributed by atoms with Crippen LogP contribution in [0.2, 0.25) is 0 Å². The van der Waals surface area contributed by atoms with E-state index in [1.165, 1.54) is 12.1 Å². The maximum atomic E-state index is 12.9. The number of nitrogens with one attached hydrogen (secondary N) is 2. The summed E-state index contributed by atoms with van der Waals surface area (Å²) in [6, 6.07) is 6.21. The van der Waals surface area contributed by atoms with Crippen LogP contribution in [0.1, 0.15) is 26.3 Å². The van der Waals surface area contributed by atoms with Gasteiger partial charge in [-0.15, -0.1) is 0 Å². The summed E-state index contributed by atoms with van der Waals surface area (Å²) in [5.41, 5.74) is 0.146. The minimum atomic E-state index is -0.609. The molecular weight excluding hydrogens is 219 g/mol. The predicted octanol–water partition coefficient (Wildman–Crippen LogP) is 1.83. The van der Waals surface area contributed by atoms with E-state index in [0.717, 1.165) is 12.1 Å². The van der Waals surface area contributed by atoms with Crippen molar-refractivity contribution in [3.05, 3.63) is 35.6 Å². The van der Waals surface area contributed by atoms with E-state index in [2.05, 4.69) is 10.6 Å². The van der Waals surface area contributed by atoms with Crippen molar-refractivity contribution in [1.82, 2.24) is 10.6 Å². The summed E-state index contributed by atoms with van der Waals surface area (Å²) in [7, 11) is 0. The van der Waals surface area contributed by atoms with Crippen LogP contribution in [0, 0.1) is 5.82 Å². The van der Waals surface area contributed by atoms with Crippen molar-refractivity contribution in [3.8, 4) is 0 Å². The number of amides is 1. The van der Waals surface area contributed by atoms with Crippen molar-refractivity contribution in [3.63, 3.8) is 0 Å². The van der Waals surface area contributed by atoms with E-state index in [0.29, 0.717) is 6.54 Å². The first-order chi connectivity index (χ1) is 7.95. The molecule has 0 aromatic heterocycles. The van der Waals surface area contributed by atoms with Crippen LogP contribution in [-0.4, -0.2) is 18.0 Å². The second-order valence-corrected chi connectivity index (χ2v) is 4.47. The van der Waals surface area contributed by atoms with E-state index in [-0.39, 0.29) is 11.7 Å². The Morgan fingerprint density at radius 2 is 2.12 bits per heavy atom. The number of hydrogen-bond donors (Lipinski definition) is 2. The first kappa shape index (κ1) is 13.6. The van der Waals surface area contributed by atoms with E-state index < -0.39 is 5.54 Å². The summed E-state index contributed by atoms with van der Waals surface area (Å²) in [4.78, 5) is 11.8. The van der Waals surface area contributed by atoms with Crippen LogP contribution < -0.4 is 10.6 Å². The zero-order valence-corrected chi connectivity index (χ0v) is 10.5. The third-order valence-electron chi connectivity index (χ3n) is 2.53. The molecule has 0 aliphatic carbocycles. The number of carbonyl (C=O) groups excluding carboxylic acids is 1. The monoisotopic (exact) mass is 238 g/mol. The van der Waals surface area contributed by atoms with Gasteiger partial charge in [-0.1, -0.05) is 19.1 Å². The molecule has 0 radical (unpaired) electrons. The van der Waals surface area contributed by atoms with Gasteiger partial charge in [-0.2, -0.15) is 0 Å². The van der Waals surface area contributed by atoms with Crippen LogP contribution in [0.5, 0.6) is 0 Å². The first-order valence-corrected chi connectivity index (χ1v) is 5.73. The fraction of sp³-hybridized carbons (Fsp3) is 0.462. The minimum Gasteiger partial charge on any atom is -0.350 e. The van der Waals surface area contributed by atoms with Gasteiger partial charge in [0.15, 0.2) is 0 Å². The Balaban J connectivity index is 2.54. The third-order valence-corrected chi connectivity index (χ3v) is 2.53. The minimum absolute atomic E-state index is 0.0939. The Morgan fingerprint density at radius 3 is 2.71 bits per heavy atom. The number of halogens is 1. The molecule has 0 heterocycles. The molecule has 1 rings (SSSR count). The highest BCUT2D eigenvalue weighted by Crippen LogP contribution is 2.05. The second kappa shape index (κ2) is 5.77. The van der Waals surface area contributed by atoms with Gasteiger partial charge in [0.25, 0.3) is 0 Å². The molecular formula is C13H19FN2O. The summed E-state index contributed by atoms with van der Waals surface area (Å²) in [6.45, 7) is 6.64. The Hall–Kier alpha value is -1.42. The van der Waals surface area contributed by atoms with Gasteiger partial charge in [0.1, 0.15) is 5.82 Å². The third kappa shape index (κ3) is 4.15. The van der Waals surface area contributed by atoms with Gasteiger partial charge in [0.2, 0.25) is 5.91 Å². The summed E-state index contributed by atoms with van der Waals surface area (Å²) >= 11 is 0. The molecule has 1 aromatic rings. The topological polar surface area (TPSA) is 41.1 Å². The van der Waals surface area contributed by atoms with Crippen LogP contribution in [-0.2, 0) is 11.3 Å². The molecule has 1 aromatic carbocycles. The van der Waals surface area contributed by atoms with E-state index >= 15 is 0 Å². The fourth-order valence-electron chi connectivity index (χ4n) is 1.57. The van der Waals surface area contributed by atoms with E-state index in [1.807, 2.05) is 20.8 Å². The Bertz CT molecular complexity index is 391.